The molecule has 1 fully saturated rings. The van der Waals surface area contributed by atoms with E-state index in [-0.39, 0.29) is 12.5 Å². The summed E-state index contributed by atoms with van der Waals surface area (Å²) in [6.07, 6.45) is 4.15. The Kier molecular flexibility index (Phi) is 6.44. The second kappa shape index (κ2) is 9.09. The third-order valence-corrected chi connectivity index (χ3v) is 6.69. The van der Waals surface area contributed by atoms with E-state index in [0.717, 1.165) is 60.7 Å². The Bertz CT molecular complexity index is 937. The highest BCUT2D eigenvalue weighted by Crippen LogP contribution is 2.44. The van der Waals surface area contributed by atoms with Gasteiger partial charge in [-0.3, -0.25) is 4.79 Å². The minimum absolute atomic E-state index is 0.0369. The van der Waals surface area contributed by atoms with Crippen molar-refractivity contribution < 1.29 is 19.4 Å². The van der Waals surface area contributed by atoms with Gasteiger partial charge in [0.2, 0.25) is 0 Å². The van der Waals surface area contributed by atoms with Gasteiger partial charge in [0, 0.05) is 48.7 Å². The molecule has 2 aliphatic rings. The molecule has 0 radical (unpaired) electrons. The fraction of sp³-hybridized carbons (Fsp3) is 0.480. The molecule has 1 saturated heterocycles. The van der Waals surface area contributed by atoms with E-state index in [9.17, 15) is 4.79 Å². The Balaban J connectivity index is 1.51. The lowest BCUT2D eigenvalue weighted by Gasteiger charge is -2.32. The monoisotopic (exact) mass is 443 g/mol. The van der Waals surface area contributed by atoms with Gasteiger partial charge in [0.05, 0.1) is 7.11 Å². The van der Waals surface area contributed by atoms with Crippen LogP contribution in [-0.2, 0) is 12.8 Å². The molecule has 0 saturated carbocycles. The largest absolute Gasteiger partial charge is 0.493 e. The molecule has 0 bridgehead atoms. The fourth-order valence-corrected chi connectivity index (χ4v) is 4.92. The van der Waals surface area contributed by atoms with E-state index in [1.807, 2.05) is 35.2 Å². The summed E-state index contributed by atoms with van der Waals surface area (Å²) in [6, 6.07) is 11.6. The zero-order chi connectivity index (χ0) is 22.0. The molecule has 0 spiro atoms. The first-order valence-corrected chi connectivity index (χ1v) is 11.3. The average Bonchev–Trinajstić information content (AvgIpc) is 3.10. The highest BCUT2D eigenvalue weighted by Gasteiger charge is 2.38. The van der Waals surface area contributed by atoms with Crippen molar-refractivity contribution in [2.24, 2.45) is 5.92 Å². The van der Waals surface area contributed by atoms with Gasteiger partial charge in [-0.15, -0.1) is 0 Å². The van der Waals surface area contributed by atoms with Crippen molar-refractivity contribution in [3.8, 4) is 11.5 Å². The van der Waals surface area contributed by atoms with Gasteiger partial charge < -0.3 is 19.5 Å². The summed E-state index contributed by atoms with van der Waals surface area (Å²) in [7, 11) is 1.61. The lowest BCUT2D eigenvalue weighted by molar-refractivity contribution is 0.0677. The van der Waals surface area contributed by atoms with Gasteiger partial charge in [0.15, 0.2) is 11.5 Å². The van der Waals surface area contributed by atoms with Crippen molar-refractivity contribution in [3.05, 3.63) is 58.1 Å². The fourth-order valence-electron chi connectivity index (χ4n) is 4.79. The lowest BCUT2D eigenvalue weighted by Crippen LogP contribution is -2.38. The van der Waals surface area contributed by atoms with Crippen molar-refractivity contribution in [2.75, 3.05) is 26.8 Å². The number of carbonyl (C=O) groups is 1. The Morgan fingerprint density at radius 2 is 1.97 bits per heavy atom. The van der Waals surface area contributed by atoms with Crippen molar-refractivity contribution in [1.29, 1.82) is 0 Å². The number of methoxy groups -OCH3 is 1. The summed E-state index contributed by atoms with van der Waals surface area (Å²) >= 11 is 6.02. The number of likely N-dealkylation sites (tertiary alicyclic amines) is 1. The molecule has 2 aromatic carbocycles. The number of nitrogens with zero attached hydrogens (tertiary/aromatic N) is 1. The molecular weight excluding hydrogens is 414 g/mol. The molecule has 2 heterocycles. The standard InChI is InChI=1S/C25H30ClNO4/c1-25(15-18-3-5-21(26)6-4-18)16-20-13-19(14-22(30-2)23(20)31-25)24(29)27-10-7-17(8-11-27)9-12-28/h3-6,13-14,17,28H,7-12,15-16H2,1-2H3. The average molecular weight is 444 g/mol. The zero-order valence-electron chi connectivity index (χ0n) is 18.2. The molecule has 1 N–H and O–H groups in total. The van der Waals surface area contributed by atoms with Gasteiger partial charge >= 0.3 is 0 Å². The molecule has 2 aliphatic heterocycles. The van der Waals surface area contributed by atoms with Gasteiger partial charge in [-0.1, -0.05) is 23.7 Å². The maximum absolute atomic E-state index is 13.2. The smallest absolute Gasteiger partial charge is 0.254 e. The molecule has 1 atom stereocenters. The molecule has 4 rings (SSSR count). The zero-order valence-corrected chi connectivity index (χ0v) is 19.0. The van der Waals surface area contributed by atoms with Crippen LogP contribution in [0.15, 0.2) is 36.4 Å². The summed E-state index contributed by atoms with van der Waals surface area (Å²) in [5.41, 5.74) is 2.40. The van der Waals surface area contributed by atoms with Crippen molar-refractivity contribution >= 4 is 17.5 Å². The molecular formula is C25H30ClNO4. The van der Waals surface area contributed by atoms with Crippen LogP contribution in [0.5, 0.6) is 11.5 Å². The van der Waals surface area contributed by atoms with Crippen LogP contribution in [0.1, 0.15) is 47.7 Å². The minimum Gasteiger partial charge on any atom is -0.493 e. The van der Waals surface area contributed by atoms with E-state index in [1.165, 1.54) is 0 Å². The first-order chi connectivity index (χ1) is 14.9. The number of amides is 1. The van der Waals surface area contributed by atoms with E-state index < -0.39 is 5.60 Å². The van der Waals surface area contributed by atoms with Crippen LogP contribution in [0, 0.1) is 5.92 Å². The third kappa shape index (κ3) is 4.83. The molecule has 2 aromatic rings. The van der Waals surface area contributed by atoms with Crippen molar-refractivity contribution in [2.45, 2.75) is 44.6 Å². The highest BCUT2D eigenvalue weighted by atomic mass is 35.5. The second-order valence-electron chi connectivity index (χ2n) is 8.95. The number of benzene rings is 2. The van der Waals surface area contributed by atoms with Gasteiger partial charge in [-0.2, -0.15) is 0 Å². The molecule has 31 heavy (non-hydrogen) atoms. The summed E-state index contributed by atoms with van der Waals surface area (Å²) in [5.74, 6) is 1.88. The second-order valence-corrected chi connectivity index (χ2v) is 9.38. The lowest BCUT2D eigenvalue weighted by atomic mass is 9.91. The van der Waals surface area contributed by atoms with E-state index in [2.05, 4.69) is 6.92 Å². The molecule has 0 aliphatic carbocycles. The van der Waals surface area contributed by atoms with Gasteiger partial charge in [-0.25, -0.2) is 0 Å². The van der Waals surface area contributed by atoms with E-state index in [4.69, 9.17) is 26.2 Å². The summed E-state index contributed by atoms with van der Waals surface area (Å²) in [5, 5.41) is 9.87. The van der Waals surface area contributed by atoms with Gasteiger partial charge in [0.25, 0.3) is 5.91 Å². The number of carbonyl (C=O) groups excluding carboxylic acids is 1. The van der Waals surface area contributed by atoms with Crippen LogP contribution < -0.4 is 9.47 Å². The molecule has 1 amide bonds. The van der Waals surface area contributed by atoms with Crippen LogP contribution >= 0.6 is 11.6 Å². The van der Waals surface area contributed by atoms with Crippen LogP contribution in [0.3, 0.4) is 0 Å². The molecule has 6 heteroatoms. The molecule has 5 nitrogen and oxygen atoms in total. The van der Waals surface area contributed by atoms with Gasteiger partial charge in [0.1, 0.15) is 5.60 Å². The van der Waals surface area contributed by atoms with Gasteiger partial charge in [-0.05, 0) is 61.9 Å². The number of fused-ring (bicyclic) bond motifs is 1. The van der Waals surface area contributed by atoms with Crippen LogP contribution in [-0.4, -0.2) is 48.3 Å². The van der Waals surface area contributed by atoms with E-state index >= 15 is 0 Å². The van der Waals surface area contributed by atoms with E-state index in [1.54, 1.807) is 13.2 Å². The molecule has 0 aromatic heterocycles. The number of aliphatic hydroxyl groups excluding tert-OH is 1. The van der Waals surface area contributed by atoms with Crippen LogP contribution in [0.25, 0.3) is 0 Å². The normalized spacial score (nSPS) is 21.0. The Hall–Kier alpha value is -2.24. The maximum atomic E-state index is 13.2. The predicted molar refractivity (Wildman–Crippen MR) is 121 cm³/mol. The molecule has 166 valence electrons. The number of ether oxygens (including phenoxy) is 2. The van der Waals surface area contributed by atoms with Crippen LogP contribution in [0.4, 0.5) is 0 Å². The number of halogens is 1. The highest BCUT2D eigenvalue weighted by molar-refractivity contribution is 6.30. The number of hydrogen-bond acceptors (Lipinski definition) is 4. The Morgan fingerprint density at radius 3 is 2.61 bits per heavy atom. The number of aliphatic hydroxyl groups is 1. The van der Waals surface area contributed by atoms with Crippen LogP contribution in [0.2, 0.25) is 5.02 Å². The predicted octanol–water partition coefficient (Wildman–Crippen LogP) is 4.52. The SMILES string of the molecule is COc1cc(C(=O)N2CCC(CCO)CC2)cc2c1OC(C)(Cc1ccc(Cl)cc1)C2. The summed E-state index contributed by atoms with van der Waals surface area (Å²) in [6.45, 7) is 3.77. The number of piperidine rings is 1. The first kappa shape index (κ1) is 22.0. The quantitative estimate of drug-likeness (QED) is 0.713. The Morgan fingerprint density at radius 1 is 1.26 bits per heavy atom. The van der Waals surface area contributed by atoms with Crippen molar-refractivity contribution in [1.82, 2.24) is 4.90 Å². The Labute approximate surface area is 188 Å². The van der Waals surface area contributed by atoms with E-state index in [0.29, 0.717) is 23.7 Å². The maximum Gasteiger partial charge on any atom is 0.254 e. The number of rotatable bonds is 6. The minimum atomic E-state index is -0.409. The summed E-state index contributed by atoms with van der Waals surface area (Å²) < 4.78 is 12.0. The summed E-state index contributed by atoms with van der Waals surface area (Å²) in [4.78, 5) is 15.1. The third-order valence-electron chi connectivity index (χ3n) is 6.44. The molecule has 1 unspecified atom stereocenters. The first-order valence-electron chi connectivity index (χ1n) is 11.0. The number of hydrogen-bond donors (Lipinski definition) is 1. The topological polar surface area (TPSA) is 59.0 Å². The van der Waals surface area contributed by atoms with Crippen molar-refractivity contribution in [3.63, 3.8) is 0 Å².